The zero-order chi connectivity index (χ0) is 21.5. The lowest BCUT2D eigenvalue weighted by molar-refractivity contribution is 0.102. The van der Waals surface area contributed by atoms with Crippen LogP contribution in [-0.2, 0) is 0 Å². The summed E-state index contributed by atoms with van der Waals surface area (Å²) in [7, 11) is 1.56. The number of hydrogen-bond acceptors (Lipinski definition) is 4. The quantitative estimate of drug-likeness (QED) is 0.450. The Morgan fingerprint density at radius 1 is 1.16 bits per heavy atom. The summed E-state index contributed by atoms with van der Waals surface area (Å²) in [4.78, 5) is 18.2. The topological polar surface area (TPSA) is 69.0 Å². The number of nitrogens with zero attached hydrogens (tertiary/aromatic N) is 3. The van der Waals surface area contributed by atoms with E-state index in [4.69, 9.17) is 26.4 Å². The fraction of sp³-hybridized carbons (Fsp3) is 0.208. The number of carbonyl (C=O) groups excluding carboxylic acids is 1. The highest BCUT2D eigenvalue weighted by Crippen LogP contribution is 2.41. The number of methoxy groups -OCH3 is 1. The average Bonchev–Trinajstić information content (AvgIpc) is 3.58. The van der Waals surface area contributed by atoms with Gasteiger partial charge in [-0.2, -0.15) is 5.10 Å². The number of carbonyl (C=O) groups is 1. The number of benzene rings is 2. The Labute approximate surface area is 184 Å². The summed E-state index contributed by atoms with van der Waals surface area (Å²) in [6, 6.07) is 16.9. The molecule has 0 spiro atoms. The van der Waals surface area contributed by atoms with E-state index in [1.165, 1.54) is 0 Å². The second kappa shape index (κ2) is 7.71. The van der Waals surface area contributed by atoms with E-state index >= 15 is 0 Å². The van der Waals surface area contributed by atoms with Crippen molar-refractivity contribution in [2.75, 3.05) is 12.4 Å². The van der Waals surface area contributed by atoms with E-state index in [1.54, 1.807) is 25.3 Å². The molecule has 156 valence electrons. The SMILES string of the molecule is COc1ccc(NC(=O)c2cc(C3CC3)nc3c2c(C)nn3-c2ccccc2)cc1Cl. The first-order chi connectivity index (χ1) is 15.0. The molecule has 0 aliphatic heterocycles. The molecule has 1 N–H and O–H groups in total. The minimum atomic E-state index is -0.216. The number of anilines is 1. The zero-order valence-corrected chi connectivity index (χ0v) is 18.0. The second-order valence-corrected chi connectivity index (χ2v) is 8.11. The second-order valence-electron chi connectivity index (χ2n) is 7.70. The number of ether oxygens (including phenoxy) is 1. The van der Waals surface area contributed by atoms with Crippen LogP contribution < -0.4 is 10.1 Å². The van der Waals surface area contributed by atoms with E-state index in [9.17, 15) is 4.79 Å². The van der Waals surface area contributed by atoms with Crippen molar-refractivity contribution in [2.24, 2.45) is 0 Å². The molecule has 0 atom stereocenters. The van der Waals surface area contributed by atoms with E-state index in [1.807, 2.05) is 48.0 Å². The number of amides is 1. The highest BCUT2D eigenvalue weighted by molar-refractivity contribution is 6.32. The van der Waals surface area contributed by atoms with E-state index in [0.29, 0.717) is 33.6 Å². The number of aromatic nitrogens is 3. The van der Waals surface area contributed by atoms with Gasteiger partial charge in [-0.05, 0) is 56.2 Å². The lowest BCUT2D eigenvalue weighted by atomic mass is 10.1. The average molecular weight is 433 g/mol. The number of fused-ring (bicyclic) bond motifs is 1. The first-order valence-corrected chi connectivity index (χ1v) is 10.5. The number of pyridine rings is 1. The fourth-order valence-electron chi connectivity index (χ4n) is 3.77. The fourth-order valence-corrected chi connectivity index (χ4v) is 4.03. The molecule has 5 rings (SSSR count). The van der Waals surface area contributed by atoms with Crippen molar-refractivity contribution in [1.29, 1.82) is 0 Å². The maximum absolute atomic E-state index is 13.3. The summed E-state index contributed by atoms with van der Waals surface area (Å²) in [5, 5.41) is 8.86. The van der Waals surface area contributed by atoms with Crippen LogP contribution in [-0.4, -0.2) is 27.8 Å². The van der Waals surface area contributed by atoms with E-state index in [0.717, 1.165) is 35.3 Å². The summed E-state index contributed by atoms with van der Waals surface area (Å²) in [5.41, 5.74) is 4.47. The summed E-state index contributed by atoms with van der Waals surface area (Å²) in [5.74, 6) is 0.735. The van der Waals surface area contributed by atoms with Gasteiger partial charge in [-0.25, -0.2) is 9.67 Å². The van der Waals surface area contributed by atoms with Crippen LogP contribution in [0.2, 0.25) is 5.02 Å². The molecule has 2 aromatic carbocycles. The highest BCUT2D eigenvalue weighted by Gasteiger charge is 2.29. The van der Waals surface area contributed by atoms with Gasteiger partial charge in [0.1, 0.15) is 5.75 Å². The number of hydrogen-bond donors (Lipinski definition) is 1. The molecule has 0 unspecified atom stereocenters. The Hall–Kier alpha value is -3.38. The van der Waals surface area contributed by atoms with Crippen LogP contribution in [0, 0.1) is 6.92 Å². The van der Waals surface area contributed by atoms with Crippen molar-refractivity contribution in [3.63, 3.8) is 0 Å². The Kier molecular flexibility index (Phi) is 4.87. The van der Waals surface area contributed by atoms with Crippen molar-refractivity contribution >= 4 is 34.2 Å². The van der Waals surface area contributed by atoms with E-state index in [-0.39, 0.29) is 5.91 Å². The standard InChI is InChI=1S/C24H21ClN4O2/c1-14-22-18(24(30)26-16-10-11-21(31-2)19(25)12-16)13-20(15-8-9-15)27-23(22)29(28-14)17-6-4-3-5-7-17/h3-7,10-13,15H,8-9H2,1-2H3,(H,26,30). The predicted octanol–water partition coefficient (Wildman–Crippen LogP) is 5.52. The monoisotopic (exact) mass is 432 g/mol. The molecule has 1 aliphatic rings. The van der Waals surface area contributed by atoms with Crippen LogP contribution in [0.3, 0.4) is 0 Å². The Balaban J connectivity index is 1.61. The van der Waals surface area contributed by atoms with Gasteiger partial charge in [0.25, 0.3) is 5.91 Å². The van der Waals surface area contributed by atoms with Crippen molar-refractivity contribution in [2.45, 2.75) is 25.7 Å². The van der Waals surface area contributed by atoms with Crippen LogP contribution in [0.5, 0.6) is 5.75 Å². The molecule has 1 amide bonds. The highest BCUT2D eigenvalue weighted by atomic mass is 35.5. The molecule has 6 nitrogen and oxygen atoms in total. The van der Waals surface area contributed by atoms with E-state index in [2.05, 4.69) is 5.32 Å². The predicted molar refractivity (Wildman–Crippen MR) is 122 cm³/mol. The van der Waals surface area contributed by atoms with Gasteiger partial charge in [-0.3, -0.25) is 4.79 Å². The van der Waals surface area contributed by atoms with Gasteiger partial charge >= 0.3 is 0 Å². The number of aryl methyl sites for hydroxylation is 1. The maximum Gasteiger partial charge on any atom is 0.256 e. The molecule has 2 heterocycles. The number of nitrogens with one attached hydrogen (secondary N) is 1. The maximum atomic E-state index is 13.3. The summed E-state index contributed by atoms with van der Waals surface area (Å²) in [6.07, 6.45) is 2.18. The van der Waals surface area contributed by atoms with Crippen molar-refractivity contribution in [3.8, 4) is 11.4 Å². The van der Waals surface area contributed by atoms with Crippen molar-refractivity contribution in [1.82, 2.24) is 14.8 Å². The summed E-state index contributed by atoms with van der Waals surface area (Å²) < 4.78 is 7.01. The Morgan fingerprint density at radius 3 is 2.61 bits per heavy atom. The molecular formula is C24H21ClN4O2. The Bertz CT molecular complexity index is 1300. The van der Waals surface area contributed by atoms with Gasteiger partial charge in [0.05, 0.1) is 34.5 Å². The first kappa shape index (κ1) is 19.6. The third kappa shape index (κ3) is 3.64. The van der Waals surface area contributed by atoms with Gasteiger partial charge in [0.15, 0.2) is 5.65 Å². The molecule has 4 aromatic rings. The van der Waals surface area contributed by atoms with Crippen molar-refractivity contribution in [3.05, 3.63) is 76.6 Å². The summed E-state index contributed by atoms with van der Waals surface area (Å²) in [6.45, 7) is 1.90. The molecule has 0 radical (unpaired) electrons. The minimum Gasteiger partial charge on any atom is -0.495 e. The lowest BCUT2D eigenvalue weighted by Crippen LogP contribution is -2.14. The number of para-hydroxylation sites is 1. The van der Waals surface area contributed by atoms with Crippen LogP contribution in [0.1, 0.15) is 40.5 Å². The van der Waals surface area contributed by atoms with Crippen LogP contribution in [0.25, 0.3) is 16.7 Å². The van der Waals surface area contributed by atoms with Gasteiger partial charge in [-0.1, -0.05) is 29.8 Å². The van der Waals surface area contributed by atoms with Crippen LogP contribution in [0.15, 0.2) is 54.6 Å². The number of rotatable bonds is 5. The molecule has 0 bridgehead atoms. The lowest BCUT2D eigenvalue weighted by Gasteiger charge is -2.11. The first-order valence-electron chi connectivity index (χ1n) is 10.2. The van der Waals surface area contributed by atoms with Crippen LogP contribution in [0.4, 0.5) is 5.69 Å². The molecule has 2 aromatic heterocycles. The van der Waals surface area contributed by atoms with Crippen molar-refractivity contribution < 1.29 is 9.53 Å². The zero-order valence-electron chi connectivity index (χ0n) is 17.2. The molecule has 7 heteroatoms. The minimum absolute atomic E-state index is 0.216. The third-order valence-corrected chi connectivity index (χ3v) is 5.78. The normalized spacial score (nSPS) is 13.4. The molecule has 1 fully saturated rings. The van der Waals surface area contributed by atoms with Gasteiger partial charge in [0, 0.05) is 17.3 Å². The van der Waals surface area contributed by atoms with Crippen LogP contribution >= 0.6 is 11.6 Å². The smallest absolute Gasteiger partial charge is 0.256 e. The molecule has 31 heavy (non-hydrogen) atoms. The third-order valence-electron chi connectivity index (χ3n) is 5.48. The molecule has 1 saturated carbocycles. The van der Waals surface area contributed by atoms with Gasteiger partial charge in [-0.15, -0.1) is 0 Å². The summed E-state index contributed by atoms with van der Waals surface area (Å²) >= 11 is 6.23. The largest absolute Gasteiger partial charge is 0.495 e. The molecular weight excluding hydrogens is 412 g/mol. The molecule has 0 saturated heterocycles. The van der Waals surface area contributed by atoms with E-state index < -0.39 is 0 Å². The van der Waals surface area contributed by atoms with Gasteiger partial charge < -0.3 is 10.1 Å². The Morgan fingerprint density at radius 2 is 1.94 bits per heavy atom. The van der Waals surface area contributed by atoms with Gasteiger partial charge in [0.2, 0.25) is 0 Å². The molecule has 1 aliphatic carbocycles. The number of halogens is 1.